The van der Waals surface area contributed by atoms with E-state index in [0.29, 0.717) is 12.2 Å². The third-order valence-corrected chi connectivity index (χ3v) is 4.69. The molecule has 7 nitrogen and oxygen atoms in total. The standard InChI is InChI=1S/C12H19N3O4S/c1-13-20(17,18)10-6-11(15(2)8-10)12(16)14-7-9-4-3-5-19-9/h6,8-9,13H,3-5,7H2,1-2H3,(H,14,16)/t9-/m1/s1. The molecule has 0 aromatic carbocycles. The molecule has 2 rings (SSSR count). The molecule has 1 aromatic heterocycles. The molecule has 0 radical (unpaired) electrons. The van der Waals surface area contributed by atoms with Crippen LogP contribution in [0.1, 0.15) is 23.3 Å². The van der Waals surface area contributed by atoms with Gasteiger partial charge in [0.15, 0.2) is 0 Å². The first kappa shape index (κ1) is 15.0. The van der Waals surface area contributed by atoms with Crippen LogP contribution in [0.3, 0.4) is 0 Å². The molecule has 2 N–H and O–H groups in total. The highest BCUT2D eigenvalue weighted by Gasteiger charge is 2.21. The molecular formula is C12H19N3O4S. The summed E-state index contributed by atoms with van der Waals surface area (Å²) in [6.07, 6.45) is 3.41. The fraction of sp³-hybridized carbons (Fsp3) is 0.583. The summed E-state index contributed by atoms with van der Waals surface area (Å²) in [6, 6.07) is 1.36. The van der Waals surface area contributed by atoms with E-state index in [4.69, 9.17) is 4.74 Å². The van der Waals surface area contributed by atoms with Gasteiger partial charge < -0.3 is 14.6 Å². The van der Waals surface area contributed by atoms with E-state index in [1.165, 1.54) is 23.9 Å². The van der Waals surface area contributed by atoms with Crippen molar-refractivity contribution in [3.63, 3.8) is 0 Å². The van der Waals surface area contributed by atoms with Gasteiger partial charge in [-0.25, -0.2) is 13.1 Å². The summed E-state index contributed by atoms with van der Waals surface area (Å²) >= 11 is 0. The zero-order chi connectivity index (χ0) is 14.8. The summed E-state index contributed by atoms with van der Waals surface area (Å²) in [5.41, 5.74) is 0.303. The van der Waals surface area contributed by atoms with Crippen molar-refractivity contribution in [3.8, 4) is 0 Å². The zero-order valence-electron chi connectivity index (χ0n) is 11.5. The number of hydrogen-bond donors (Lipinski definition) is 2. The van der Waals surface area contributed by atoms with E-state index < -0.39 is 10.0 Å². The second-order valence-corrected chi connectivity index (χ2v) is 6.61. The Kier molecular flexibility index (Phi) is 4.46. The van der Waals surface area contributed by atoms with Gasteiger partial charge in [-0.15, -0.1) is 0 Å². The highest BCUT2D eigenvalue weighted by Crippen LogP contribution is 2.14. The van der Waals surface area contributed by atoms with Crippen molar-refractivity contribution in [2.75, 3.05) is 20.2 Å². The number of nitrogens with zero attached hydrogens (tertiary/aromatic N) is 1. The van der Waals surface area contributed by atoms with Crippen molar-refractivity contribution in [1.82, 2.24) is 14.6 Å². The van der Waals surface area contributed by atoms with E-state index >= 15 is 0 Å². The Balaban J connectivity index is 2.06. The fourth-order valence-corrected chi connectivity index (χ4v) is 2.93. The van der Waals surface area contributed by atoms with Gasteiger partial charge in [0.2, 0.25) is 10.0 Å². The lowest BCUT2D eigenvalue weighted by atomic mass is 10.2. The van der Waals surface area contributed by atoms with Crippen LogP contribution in [0.4, 0.5) is 0 Å². The topological polar surface area (TPSA) is 89.4 Å². The second-order valence-electron chi connectivity index (χ2n) is 4.72. The number of nitrogens with one attached hydrogen (secondary N) is 2. The number of carbonyl (C=O) groups excluding carboxylic acids is 1. The van der Waals surface area contributed by atoms with Crippen LogP contribution < -0.4 is 10.0 Å². The number of sulfonamides is 1. The smallest absolute Gasteiger partial charge is 0.268 e. The maximum absolute atomic E-state index is 12.0. The molecule has 1 fully saturated rings. The van der Waals surface area contributed by atoms with Crippen LogP contribution in [0.2, 0.25) is 0 Å². The van der Waals surface area contributed by atoms with Gasteiger partial charge in [0, 0.05) is 26.4 Å². The summed E-state index contributed by atoms with van der Waals surface area (Å²) in [5, 5.41) is 2.76. The van der Waals surface area contributed by atoms with Gasteiger partial charge in [0.25, 0.3) is 5.91 Å². The van der Waals surface area contributed by atoms with E-state index in [9.17, 15) is 13.2 Å². The Morgan fingerprint density at radius 2 is 2.30 bits per heavy atom. The van der Waals surface area contributed by atoms with E-state index in [1.807, 2.05) is 0 Å². The molecule has 1 atom stereocenters. The SMILES string of the molecule is CNS(=O)(=O)c1cc(C(=O)NC[C@H]2CCCO2)n(C)c1. The van der Waals surface area contributed by atoms with Crippen molar-refractivity contribution >= 4 is 15.9 Å². The lowest BCUT2D eigenvalue weighted by Gasteiger charge is -2.10. The average molecular weight is 301 g/mol. The second kappa shape index (κ2) is 5.94. The Labute approximate surface area is 118 Å². The molecule has 1 aliphatic rings. The molecule has 1 aromatic rings. The molecule has 0 unspecified atom stereocenters. The number of amides is 1. The molecule has 112 valence electrons. The molecule has 2 heterocycles. The fourth-order valence-electron chi connectivity index (χ4n) is 2.13. The van der Waals surface area contributed by atoms with Gasteiger partial charge in [0.1, 0.15) is 10.6 Å². The van der Waals surface area contributed by atoms with Crippen molar-refractivity contribution in [1.29, 1.82) is 0 Å². The van der Waals surface area contributed by atoms with Gasteiger partial charge >= 0.3 is 0 Å². The number of aryl methyl sites for hydroxylation is 1. The Bertz CT molecular complexity index is 588. The van der Waals surface area contributed by atoms with Crippen molar-refractivity contribution < 1.29 is 17.9 Å². The molecule has 1 aliphatic heterocycles. The normalized spacial score (nSPS) is 19.2. The van der Waals surface area contributed by atoms with E-state index in [-0.39, 0.29) is 16.9 Å². The number of ether oxygens (including phenoxy) is 1. The number of rotatable bonds is 5. The molecule has 8 heteroatoms. The largest absolute Gasteiger partial charge is 0.376 e. The third kappa shape index (κ3) is 3.20. The quantitative estimate of drug-likeness (QED) is 0.791. The first-order valence-corrected chi connectivity index (χ1v) is 7.92. The molecule has 0 spiro atoms. The van der Waals surface area contributed by atoms with E-state index in [0.717, 1.165) is 19.4 Å². The van der Waals surface area contributed by atoms with E-state index in [1.54, 1.807) is 7.05 Å². The number of hydrogen-bond acceptors (Lipinski definition) is 4. The monoisotopic (exact) mass is 301 g/mol. The Morgan fingerprint density at radius 3 is 2.90 bits per heavy atom. The number of carbonyl (C=O) groups is 1. The lowest BCUT2D eigenvalue weighted by Crippen LogP contribution is -2.32. The first-order valence-electron chi connectivity index (χ1n) is 6.44. The summed E-state index contributed by atoms with van der Waals surface area (Å²) in [4.78, 5) is 12.1. The van der Waals surface area contributed by atoms with Crippen molar-refractivity contribution in [2.45, 2.75) is 23.8 Å². The van der Waals surface area contributed by atoms with Crippen LogP contribution in [0.5, 0.6) is 0 Å². The summed E-state index contributed by atoms with van der Waals surface area (Å²) in [5.74, 6) is -0.305. The van der Waals surface area contributed by atoms with Gasteiger partial charge in [-0.2, -0.15) is 0 Å². The highest BCUT2D eigenvalue weighted by atomic mass is 32.2. The molecule has 0 aliphatic carbocycles. The first-order chi connectivity index (χ1) is 9.44. The molecule has 20 heavy (non-hydrogen) atoms. The van der Waals surface area contributed by atoms with Crippen LogP contribution in [-0.2, 0) is 21.8 Å². The minimum absolute atomic E-state index is 0.0553. The lowest BCUT2D eigenvalue weighted by molar-refractivity contribution is 0.0851. The summed E-state index contributed by atoms with van der Waals surface area (Å²) < 4.78 is 32.5. The summed E-state index contributed by atoms with van der Waals surface area (Å²) in [7, 11) is -0.572. The maximum Gasteiger partial charge on any atom is 0.268 e. The van der Waals surface area contributed by atoms with Crippen LogP contribution in [0.25, 0.3) is 0 Å². The Hall–Kier alpha value is -1.38. The molecule has 0 saturated carbocycles. The van der Waals surface area contributed by atoms with Crippen molar-refractivity contribution in [2.24, 2.45) is 7.05 Å². The van der Waals surface area contributed by atoms with Crippen LogP contribution in [0, 0.1) is 0 Å². The highest BCUT2D eigenvalue weighted by molar-refractivity contribution is 7.89. The van der Waals surface area contributed by atoms with Gasteiger partial charge in [-0.05, 0) is 26.0 Å². The predicted molar refractivity (Wildman–Crippen MR) is 73.0 cm³/mol. The molecule has 1 amide bonds. The van der Waals surface area contributed by atoms with Gasteiger partial charge in [-0.3, -0.25) is 4.79 Å². The van der Waals surface area contributed by atoms with Crippen molar-refractivity contribution in [3.05, 3.63) is 18.0 Å². The molecule has 1 saturated heterocycles. The van der Waals surface area contributed by atoms with Gasteiger partial charge in [0.05, 0.1) is 6.10 Å². The average Bonchev–Trinajstić information content (AvgIpc) is 3.05. The van der Waals surface area contributed by atoms with E-state index in [2.05, 4.69) is 10.0 Å². The van der Waals surface area contributed by atoms with Crippen LogP contribution in [-0.4, -0.2) is 45.2 Å². The maximum atomic E-state index is 12.0. The molecular weight excluding hydrogens is 282 g/mol. The summed E-state index contributed by atoms with van der Waals surface area (Å²) in [6.45, 7) is 1.17. The molecule has 0 bridgehead atoms. The minimum atomic E-state index is -3.54. The zero-order valence-corrected chi connectivity index (χ0v) is 12.4. The number of aromatic nitrogens is 1. The predicted octanol–water partition coefficient (Wildman–Crippen LogP) is -0.158. The van der Waals surface area contributed by atoms with Crippen LogP contribution in [0.15, 0.2) is 17.2 Å². The minimum Gasteiger partial charge on any atom is -0.376 e. The third-order valence-electron chi connectivity index (χ3n) is 3.31. The van der Waals surface area contributed by atoms with Crippen LogP contribution >= 0.6 is 0 Å². The Morgan fingerprint density at radius 1 is 1.55 bits per heavy atom. The van der Waals surface area contributed by atoms with Gasteiger partial charge in [-0.1, -0.05) is 0 Å².